The zero-order valence-electron chi connectivity index (χ0n) is 17.1. The maximum absolute atomic E-state index is 12.9. The number of rotatable bonds is 3. The van der Waals surface area contributed by atoms with Crippen molar-refractivity contribution in [3.8, 4) is 11.1 Å². The molecule has 2 aliphatic rings. The standard InChI is InChI=1S/C23H24N6O/c1-27-22-21(29(23(27)30)17-5-4-6-17)18-13-15(7-9-19(18)25-26-22)16-8-10-20(24-14-16)28-11-2-3-12-28/h7-10,13-14,17H,2-6,11-12H2,1H3. The summed E-state index contributed by atoms with van der Waals surface area (Å²) >= 11 is 0. The van der Waals surface area contributed by atoms with Crippen molar-refractivity contribution >= 4 is 27.9 Å². The van der Waals surface area contributed by atoms with Crippen molar-refractivity contribution in [1.82, 2.24) is 24.3 Å². The molecule has 0 unspecified atom stereocenters. The monoisotopic (exact) mass is 400 g/mol. The minimum atomic E-state index is -0.00136. The highest BCUT2D eigenvalue weighted by Gasteiger charge is 2.26. The van der Waals surface area contributed by atoms with Crippen molar-refractivity contribution in [2.75, 3.05) is 18.0 Å². The Morgan fingerprint density at radius 3 is 2.47 bits per heavy atom. The highest BCUT2D eigenvalue weighted by Crippen LogP contribution is 2.35. The number of hydrogen-bond acceptors (Lipinski definition) is 5. The number of imidazole rings is 1. The van der Waals surface area contributed by atoms with Gasteiger partial charge in [0.15, 0.2) is 5.65 Å². The summed E-state index contributed by atoms with van der Waals surface area (Å²) < 4.78 is 3.56. The second-order valence-electron chi connectivity index (χ2n) is 8.50. The zero-order chi connectivity index (χ0) is 20.2. The van der Waals surface area contributed by atoms with Gasteiger partial charge in [0.25, 0.3) is 0 Å². The molecule has 0 bridgehead atoms. The van der Waals surface area contributed by atoms with Crippen LogP contribution in [0.5, 0.6) is 0 Å². The Morgan fingerprint density at radius 1 is 0.967 bits per heavy atom. The molecule has 7 heteroatoms. The summed E-state index contributed by atoms with van der Waals surface area (Å²) in [6.07, 6.45) is 7.69. The average Bonchev–Trinajstić information content (AvgIpc) is 3.36. The maximum Gasteiger partial charge on any atom is 0.330 e. The SMILES string of the molecule is Cn1c(=O)n(C2CCC2)c2c3cc(-c4ccc(N5CCCC5)nc4)ccc3nnc21. The molecule has 0 spiro atoms. The van der Waals surface area contributed by atoms with Crippen LogP contribution in [0, 0.1) is 0 Å². The van der Waals surface area contributed by atoms with E-state index >= 15 is 0 Å². The lowest BCUT2D eigenvalue weighted by atomic mass is 9.92. The fourth-order valence-corrected chi connectivity index (χ4v) is 4.75. The van der Waals surface area contributed by atoms with E-state index in [9.17, 15) is 4.79 Å². The van der Waals surface area contributed by atoms with E-state index in [0.717, 1.165) is 59.3 Å². The summed E-state index contributed by atoms with van der Waals surface area (Å²) in [7, 11) is 1.78. The summed E-state index contributed by atoms with van der Waals surface area (Å²) in [4.78, 5) is 20.0. The molecular weight excluding hydrogens is 376 g/mol. The first-order valence-corrected chi connectivity index (χ1v) is 10.8. The van der Waals surface area contributed by atoms with E-state index in [-0.39, 0.29) is 11.7 Å². The fourth-order valence-electron chi connectivity index (χ4n) is 4.75. The highest BCUT2D eigenvalue weighted by atomic mass is 16.1. The first kappa shape index (κ1) is 17.6. The molecule has 1 aliphatic heterocycles. The van der Waals surface area contributed by atoms with E-state index in [1.54, 1.807) is 11.6 Å². The van der Waals surface area contributed by atoms with Crippen LogP contribution in [0.4, 0.5) is 5.82 Å². The number of benzene rings is 1. The summed E-state index contributed by atoms with van der Waals surface area (Å²) in [5.74, 6) is 1.05. The van der Waals surface area contributed by atoms with E-state index in [1.165, 1.54) is 19.3 Å². The van der Waals surface area contributed by atoms with Gasteiger partial charge >= 0.3 is 5.69 Å². The van der Waals surface area contributed by atoms with Crippen molar-refractivity contribution in [1.29, 1.82) is 0 Å². The van der Waals surface area contributed by atoms with E-state index in [2.05, 4.69) is 39.4 Å². The number of hydrogen-bond donors (Lipinski definition) is 0. The second-order valence-corrected chi connectivity index (χ2v) is 8.50. The zero-order valence-corrected chi connectivity index (χ0v) is 17.1. The van der Waals surface area contributed by atoms with Gasteiger partial charge in [-0.3, -0.25) is 9.13 Å². The molecule has 0 amide bonds. The first-order valence-electron chi connectivity index (χ1n) is 10.8. The minimum Gasteiger partial charge on any atom is -0.357 e. The molecule has 4 heterocycles. The third kappa shape index (κ3) is 2.57. The molecule has 0 radical (unpaired) electrons. The summed E-state index contributed by atoms with van der Waals surface area (Å²) in [6.45, 7) is 2.18. The molecule has 1 saturated heterocycles. The van der Waals surface area contributed by atoms with Gasteiger partial charge in [-0.05, 0) is 61.9 Å². The molecule has 1 saturated carbocycles. The number of pyridine rings is 1. The van der Waals surface area contributed by atoms with Crippen molar-refractivity contribution in [3.63, 3.8) is 0 Å². The highest BCUT2D eigenvalue weighted by molar-refractivity contribution is 6.02. The van der Waals surface area contributed by atoms with Crippen LogP contribution in [-0.2, 0) is 7.05 Å². The molecule has 2 fully saturated rings. The Bertz CT molecular complexity index is 1310. The summed E-state index contributed by atoms with van der Waals surface area (Å²) in [5.41, 5.74) is 4.51. The number of aromatic nitrogens is 5. The number of anilines is 1. The molecule has 0 atom stereocenters. The molecule has 6 rings (SSSR count). The van der Waals surface area contributed by atoms with Crippen molar-refractivity contribution < 1.29 is 0 Å². The molecule has 1 aliphatic carbocycles. The molecule has 0 N–H and O–H groups in total. The van der Waals surface area contributed by atoms with Gasteiger partial charge in [0.2, 0.25) is 0 Å². The normalized spacial score (nSPS) is 17.2. The number of nitrogens with zero attached hydrogens (tertiary/aromatic N) is 6. The van der Waals surface area contributed by atoms with E-state index in [4.69, 9.17) is 4.98 Å². The molecular formula is C23H24N6O. The van der Waals surface area contributed by atoms with Gasteiger partial charge in [-0.15, -0.1) is 10.2 Å². The lowest BCUT2D eigenvalue weighted by molar-refractivity contribution is 0.312. The van der Waals surface area contributed by atoms with Crippen LogP contribution in [0.15, 0.2) is 41.3 Å². The van der Waals surface area contributed by atoms with Gasteiger partial charge < -0.3 is 4.90 Å². The van der Waals surface area contributed by atoms with Crippen LogP contribution in [-0.4, -0.2) is 37.4 Å². The third-order valence-corrected chi connectivity index (χ3v) is 6.72. The van der Waals surface area contributed by atoms with Crippen molar-refractivity contribution in [2.24, 2.45) is 7.05 Å². The quantitative estimate of drug-likeness (QED) is 0.525. The van der Waals surface area contributed by atoms with Crippen LogP contribution < -0.4 is 10.6 Å². The van der Waals surface area contributed by atoms with Crippen LogP contribution in [0.3, 0.4) is 0 Å². The lowest BCUT2D eigenvalue weighted by Crippen LogP contribution is -2.29. The predicted octanol–water partition coefficient (Wildman–Crippen LogP) is 3.67. The molecule has 1 aromatic carbocycles. The van der Waals surface area contributed by atoms with Crippen LogP contribution >= 0.6 is 0 Å². The van der Waals surface area contributed by atoms with Gasteiger partial charge in [-0.25, -0.2) is 9.78 Å². The second kappa shape index (κ2) is 6.65. The third-order valence-electron chi connectivity index (χ3n) is 6.72. The first-order chi connectivity index (χ1) is 14.7. The Balaban J connectivity index is 1.50. The van der Waals surface area contributed by atoms with Gasteiger partial charge in [-0.1, -0.05) is 6.07 Å². The predicted molar refractivity (Wildman–Crippen MR) is 118 cm³/mol. The Kier molecular flexibility index (Phi) is 3.91. The molecule has 7 nitrogen and oxygen atoms in total. The van der Waals surface area contributed by atoms with Crippen LogP contribution in [0.1, 0.15) is 38.1 Å². The molecule has 4 aromatic rings. The van der Waals surface area contributed by atoms with Gasteiger partial charge in [0.1, 0.15) is 11.3 Å². The largest absolute Gasteiger partial charge is 0.357 e. The Hall–Kier alpha value is -3.22. The van der Waals surface area contributed by atoms with E-state index < -0.39 is 0 Å². The summed E-state index contributed by atoms with van der Waals surface area (Å²) in [5, 5.41) is 9.72. The fraction of sp³-hybridized carbons (Fsp3) is 0.391. The van der Waals surface area contributed by atoms with Crippen molar-refractivity contribution in [2.45, 2.75) is 38.1 Å². The topological polar surface area (TPSA) is 68.8 Å². The van der Waals surface area contributed by atoms with Crippen LogP contribution in [0.25, 0.3) is 33.2 Å². The van der Waals surface area contributed by atoms with E-state index in [0.29, 0.717) is 5.65 Å². The van der Waals surface area contributed by atoms with E-state index in [1.807, 2.05) is 16.8 Å². The van der Waals surface area contributed by atoms with Gasteiger partial charge in [0.05, 0.1) is 5.52 Å². The van der Waals surface area contributed by atoms with Gasteiger partial charge in [0, 0.05) is 43.3 Å². The van der Waals surface area contributed by atoms with Crippen LogP contribution in [0.2, 0.25) is 0 Å². The molecule has 3 aromatic heterocycles. The maximum atomic E-state index is 12.9. The molecule has 152 valence electrons. The smallest absolute Gasteiger partial charge is 0.330 e. The van der Waals surface area contributed by atoms with Crippen molar-refractivity contribution in [3.05, 3.63) is 47.0 Å². The Labute approximate surface area is 174 Å². The Morgan fingerprint density at radius 2 is 1.77 bits per heavy atom. The summed E-state index contributed by atoms with van der Waals surface area (Å²) in [6, 6.07) is 10.7. The molecule has 30 heavy (non-hydrogen) atoms. The number of fused-ring (bicyclic) bond motifs is 3. The lowest BCUT2D eigenvalue weighted by Gasteiger charge is -2.26. The minimum absolute atomic E-state index is 0.00136. The number of aryl methyl sites for hydroxylation is 1. The van der Waals surface area contributed by atoms with Gasteiger partial charge in [-0.2, -0.15) is 0 Å². The average molecular weight is 400 g/mol.